The van der Waals surface area contributed by atoms with Crippen LogP contribution in [0, 0.1) is 0 Å². The van der Waals surface area contributed by atoms with Gasteiger partial charge in [-0.05, 0) is 31.4 Å². The molecule has 0 radical (unpaired) electrons. The number of rotatable bonds is 7. The van der Waals surface area contributed by atoms with E-state index in [0.717, 1.165) is 36.8 Å². The molecule has 0 aliphatic heterocycles. The van der Waals surface area contributed by atoms with Crippen molar-refractivity contribution in [1.82, 2.24) is 14.9 Å². The van der Waals surface area contributed by atoms with Crippen molar-refractivity contribution in [2.75, 3.05) is 0 Å². The zero-order valence-corrected chi connectivity index (χ0v) is 12.9. The Kier molecular flexibility index (Phi) is 5.62. The smallest absolute Gasteiger partial charge is 0.122 e. The van der Waals surface area contributed by atoms with E-state index in [1.165, 1.54) is 5.56 Å². The van der Waals surface area contributed by atoms with Gasteiger partial charge in [-0.2, -0.15) is 0 Å². The summed E-state index contributed by atoms with van der Waals surface area (Å²) < 4.78 is 2.20. The van der Waals surface area contributed by atoms with Gasteiger partial charge in [0, 0.05) is 30.0 Å². The van der Waals surface area contributed by atoms with Crippen molar-refractivity contribution in [3.8, 4) is 0 Å². The number of aromatic nitrogens is 2. The van der Waals surface area contributed by atoms with E-state index in [-0.39, 0.29) is 0 Å². The van der Waals surface area contributed by atoms with Gasteiger partial charge in [-0.1, -0.05) is 36.7 Å². The second-order valence-electron chi connectivity index (χ2n) is 5.11. The fourth-order valence-electron chi connectivity index (χ4n) is 2.28. The molecule has 2 rings (SSSR count). The van der Waals surface area contributed by atoms with Crippen LogP contribution in [-0.4, -0.2) is 15.6 Å². The van der Waals surface area contributed by atoms with Gasteiger partial charge in [0.25, 0.3) is 0 Å². The van der Waals surface area contributed by atoms with E-state index in [9.17, 15) is 0 Å². The van der Waals surface area contributed by atoms with Crippen molar-refractivity contribution in [2.24, 2.45) is 0 Å². The predicted octanol–water partition coefficient (Wildman–Crippen LogP) is 3.67. The van der Waals surface area contributed by atoms with E-state index in [4.69, 9.17) is 11.6 Å². The molecule has 1 heterocycles. The van der Waals surface area contributed by atoms with Gasteiger partial charge in [0.15, 0.2) is 0 Å². The molecule has 0 fully saturated rings. The summed E-state index contributed by atoms with van der Waals surface area (Å²) in [6, 6.07) is 8.38. The fourth-order valence-corrected chi connectivity index (χ4v) is 2.50. The molecule has 0 amide bonds. The molecule has 3 nitrogen and oxygen atoms in total. The molecule has 0 saturated heterocycles. The van der Waals surface area contributed by atoms with Crippen molar-refractivity contribution in [3.05, 3.63) is 53.1 Å². The lowest BCUT2D eigenvalue weighted by Crippen LogP contribution is -2.29. The fraction of sp³-hybridized carbons (Fsp3) is 0.438. The molecule has 1 aromatic heterocycles. The van der Waals surface area contributed by atoms with Crippen molar-refractivity contribution in [2.45, 2.75) is 45.8 Å². The molecule has 0 aliphatic carbocycles. The average molecular weight is 292 g/mol. The number of aryl methyl sites for hydroxylation is 1. The highest BCUT2D eigenvalue weighted by molar-refractivity contribution is 6.31. The van der Waals surface area contributed by atoms with Crippen LogP contribution in [0.1, 0.15) is 31.7 Å². The maximum atomic E-state index is 6.19. The summed E-state index contributed by atoms with van der Waals surface area (Å²) in [7, 11) is 0. The molecule has 1 unspecified atom stereocenters. The number of halogens is 1. The monoisotopic (exact) mass is 291 g/mol. The Balaban J connectivity index is 1.87. The summed E-state index contributed by atoms with van der Waals surface area (Å²) in [6.07, 6.45) is 5.96. The van der Waals surface area contributed by atoms with Gasteiger partial charge >= 0.3 is 0 Å². The van der Waals surface area contributed by atoms with Crippen molar-refractivity contribution in [3.63, 3.8) is 0 Å². The number of nitrogens with zero attached hydrogens (tertiary/aromatic N) is 2. The number of hydrogen-bond donors (Lipinski definition) is 1. The highest BCUT2D eigenvalue weighted by Gasteiger charge is 2.08. The summed E-state index contributed by atoms with van der Waals surface area (Å²) in [5.41, 5.74) is 1.19. The molecule has 2 aromatic rings. The van der Waals surface area contributed by atoms with Gasteiger partial charge in [-0.3, -0.25) is 0 Å². The molecule has 1 aromatic carbocycles. The Morgan fingerprint density at radius 2 is 2.15 bits per heavy atom. The zero-order valence-electron chi connectivity index (χ0n) is 12.1. The van der Waals surface area contributed by atoms with E-state index >= 15 is 0 Å². The quantitative estimate of drug-likeness (QED) is 0.843. The van der Waals surface area contributed by atoms with Crippen LogP contribution in [0.3, 0.4) is 0 Å². The first-order chi connectivity index (χ1) is 9.70. The van der Waals surface area contributed by atoms with Gasteiger partial charge in [0.2, 0.25) is 0 Å². The van der Waals surface area contributed by atoms with Gasteiger partial charge in [0.05, 0.1) is 6.54 Å². The standard InChI is InChI=1S/C16H22ClN3/c1-3-9-20-10-8-18-16(20)12-19-13(2)11-14-6-4-5-7-15(14)17/h4-8,10,13,19H,3,9,11-12H2,1-2H3. The molecular weight excluding hydrogens is 270 g/mol. The van der Waals surface area contributed by atoms with Crippen molar-refractivity contribution < 1.29 is 0 Å². The van der Waals surface area contributed by atoms with Crippen LogP contribution in [0.25, 0.3) is 0 Å². The molecule has 0 saturated carbocycles. The molecular formula is C16H22ClN3. The summed E-state index contributed by atoms with van der Waals surface area (Å²) in [4.78, 5) is 4.41. The van der Waals surface area contributed by atoms with Crippen LogP contribution in [0.4, 0.5) is 0 Å². The number of imidazole rings is 1. The first-order valence-electron chi connectivity index (χ1n) is 7.17. The lowest BCUT2D eigenvalue weighted by atomic mass is 10.1. The molecule has 0 spiro atoms. The topological polar surface area (TPSA) is 29.9 Å². The first kappa shape index (κ1) is 15.1. The predicted molar refractivity (Wildman–Crippen MR) is 84.0 cm³/mol. The van der Waals surface area contributed by atoms with Crippen molar-refractivity contribution in [1.29, 1.82) is 0 Å². The van der Waals surface area contributed by atoms with Crippen LogP contribution in [0.15, 0.2) is 36.7 Å². The second-order valence-corrected chi connectivity index (χ2v) is 5.52. The third-order valence-corrected chi connectivity index (χ3v) is 3.73. The highest BCUT2D eigenvalue weighted by atomic mass is 35.5. The Morgan fingerprint density at radius 1 is 1.35 bits per heavy atom. The third kappa shape index (κ3) is 4.09. The van der Waals surface area contributed by atoms with Crippen LogP contribution in [0.2, 0.25) is 5.02 Å². The lowest BCUT2D eigenvalue weighted by molar-refractivity contribution is 0.513. The molecule has 0 bridgehead atoms. The Hall–Kier alpha value is -1.32. The summed E-state index contributed by atoms with van der Waals surface area (Å²) in [5, 5.41) is 4.36. The maximum absolute atomic E-state index is 6.19. The van der Waals surface area contributed by atoms with Gasteiger partial charge in [-0.25, -0.2) is 4.98 Å². The minimum absolute atomic E-state index is 0.363. The average Bonchev–Trinajstić information content (AvgIpc) is 2.87. The van der Waals surface area contributed by atoms with E-state index in [0.29, 0.717) is 6.04 Å². The number of hydrogen-bond acceptors (Lipinski definition) is 2. The molecule has 108 valence electrons. The van der Waals surface area contributed by atoms with Crippen molar-refractivity contribution >= 4 is 11.6 Å². The van der Waals surface area contributed by atoms with Gasteiger partial charge in [-0.15, -0.1) is 0 Å². The number of benzene rings is 1. The Morgan fingerprint density at radius 3 is 2.90 bits per heavy atom. The summed E-state index contributed by atoms with van der Waals surface area (Å²) in [6.45, 7) is 6.17. The third-order valence-electron chi connectivity index (χ3n) is 3.36. The summed E-state index contributed by atoms with van der Waals surface area (Å²) in [5.74, 6) is 1.10. The second kappa shape index (κ2) is 7.46. The van der Waals surface area contributed by atoms with E-state index in [1.807, 2.05) is 30.6 Å². The lowest BCUT2D eigenvalue weighted by Gasteiger charge is -2.15. The van der Waals surface area contributed by atoms with Crippen LogP contribution >= 0.6 is 11.6 Å². The molecule has 20 heavy (non-hydrogen) atoms. The Labute approximate surface area is 126 Å². The van der Waals surface area contributed by atoms with Crippen LogP contribution in [-0.2, 0) is 19.5 Å². The minimum Gasteiger partial charge on any atom is -0.334 e. The zero-order chi connectivity index (χ0) is 14.4. The number of nitrogens with one attached hydrogen (secondary N) is 1. The summed E-state index contributed by atoms with van der Waals surface area (Å²) >= 11 is 6.19. The van der Waals surface area contributed by atoms with Crippen LogP contribution < -0.4 is 5.32 Å². The molecule has 4 heteroatoms. The van der Waals surface area contributed by atoms with E-state index < -0.39 is 0 Å². The molecule has 1 N–H and O–H groups in total. The van der Waals surface area contributed by atoms with Gasteiger partial charge in [0.1, 0.15) is 5.82 Å². The minimum atomic E-state index is 0.363. The molecule has 1 atom stereocenters. The molecule has 0 aliphatic rings. The van der Waals surface area contributed by atoms with Gasteiger partial charge < -0.3 is 9.88 Å². The normalized spacial score (nSPS) is 12.6. The largest absolute Gasteiger partial charge is 0.334 e. The van der Waals surface area contributed by atoms with E-state index in [1.54, 1.807) is 0 Å². The highest BCUT2D eigenvalue weighted by Crippen LogP contribution is 2.16. The maximum Gasteiger partial charge on any atom is 0.122 e. The Bertz CT molecular complexity index is 536. The SMILES string of the molecule is CCCn1ccnc1CNC(C)Cc1ccccc1Cl. The van der Waals surface area contributed by atoms with E-state index in [2.05, 4.69) is 34.8 Å². The first-order valence-corrected chi connectivity index (χ1v) is 7.55. The van der Waals surface area contributed by atoms with Crippen LogP contribution in [0.5, 0.6) is 0 Å².